The van der Waals surface area contributed by atoms with Crippen LogP contribution in [-0.4, -0.2) is 20.9 Å². The molecule has 0 aliphatic rings. The van der Waals surface area contributed by atoms with Crippen LogP contribution in [0.25, 0.3) is 0 Å². The Labute approximate surface area is 154 Å². The molecule has 0 aliphatic heterocycles. The molecule has 0 atom stereocenters. The van der Waals surface area contributed by atoms with Crippen molar-refractivity contribution in [1.29, 1.82) is 0 Å². The van der Waals surface area contributed by atoms with Crippen LogP contribution < -0.4 is 11.1 Å². The Balaban J connectivity index is 1.79. The van der Waals surface area contributed by atoms with Gasteiger partial charge in [0, 0.05) is 5.02 Å². The molecule has 3 rings (SSSR count). The Kier molecular flexibility index (Phi) is 4.92. The third-order valence-electron chi connectivity index (χ3n) is 3.58. The fraction of sp³-hybridized carbons (Fsp3) is 0.118. The van der Waals surface area contributed by atoms with Gasteiger partial charge in [0.15, 0.2) is 11.5 Å². The molecular weight excluding hydrogens is 361 g/mol. The lowest BCUT2D eigenvalue weighted by Crippen LogP contribution is -2.15. The molecule has 0 spiro atoms. The van der Waals surface area contributed by atoms with Crippen molar-refractivity contribution < 1.29 is 4.79 Å². The number of carbonyl (C=O) groups is 1. The molecule has 0 bridgehead atoms. The number of aryl methyl sites for hydroxylation is 1. The van der Waals surface area contributed by atoms with Crippen LogP contribution in [0.15, 0.2) is 42.5 Å². The zero-order valence-corrected chi connectivity index (χ0v) is 14.8. The number of rotatable bonds is 4. The summed E-state index contributed by atoms with van der Waals surface area (Å²) in [6.07, 6.45) is 0. The Bertz CT molecular complexity index is 939. The molecule has 1 aromatic heterocycles. The van der Waals surface area contributed by atoms with Crippen molar-refractivity contribution in [3.8, 4) is 0 Å². The first-order chi connectivity index (χ1) is 11.9. The van der Waals surface area contributed by atoms with Gasteiger partial charge in [0.25, 0.3) is 5.91 Å². The van der Waals surface area contributed by atoms with Crippen LogP contribution in [0.5, 0.6) is 0 Å². The van der Waals surface area contributed by atoms with E-state index in [0.717, 1.165) is 11.1 Å². The van der Waals surface area contributed by atoms with Crippen LogP contribution in [0, 0.1) is 6.92 Å². The second kappa shape index (κ2) is 7.13. The molecule has 0 unspecified atom stereocenters. The van der Waals surface area contributed by atoms with E-state index in [1.165, 1.54) is 4.68 Å². The molecule has 0 fully saturated rings. The average Bonchev–Trinajstić information content (AvgIpc) is 2.91. The summed E-state index contributed by atoms with van der Waals surface area (Å²) < 4.78 is 1.44. The summed E-state index contributed by atoms with van der Waals surface area (Å²) in [5.41, 5.74) is 8.44. The Morgan fingerprint density at radius 2 is 2.04 bits per heavy atom. The predicted molar refractivity (Wildman–Crippen MR) is 99.1 cm³/mol. The monoisotopic (exact) mass is 375 g/mol. The SMILES string of the molecule is Cc1ccc(NC(=O)c2nnn(Cc3cccc(Cl)c3)c2N)c(Cl)c1. The van der Waals surface area contributed by atoms with Gasteiger partial charge in [-0.05, 0) is 42.3 Å². The van der Waals surface area contributed by atoms with Gasteiger partial charge in [-0.2, -0.15) is 0 Å². The second-order valence-electron chi connectivity index (χ2n) is 5.55. The van der Waals surface area contributed by atoms with Crippen molar-refractivity contribution in [3.05, 3.63) is 69.3 Å². The smallest absolute Gasteiger partial charge is 0.280 e. The quantitative estimate of drug-likeness (QED) is 0.726. The molecule has 128 valence electrons. The highest BCUT2D eigenvalue weighted by atomic mass is 35.5. The summed E-state index contributed by atoms with van der Waals surface area (Å²) in [7, 11) is 0. The van der Waals surface area contributed by atoms with Crippen molar-refractivity contribution in [3.63, 3.8) is 0 Å². The number of nitrogens with zero attached hydrogens (tertiary/aromatic N) is 3. The van der Waals surface area contributed by atoms with Crippen molar-refractivity contribution in [2.24, 2.45) is 0 Å². The van der Waals surface area contributed by atoms with Gasteiger partial charge in [-0.25, -0.2) is 4.68 Å². The minimum Gasteiger partial charge on any atom is -0.382 e. The highest BCUT2D eigenvalue weighted by molar-refractivity contribution is 6.34. The lowest BCUT2D eigenvalue weighted by atomic mass is 10.2. The second-order valence-corrected chi connectivity index (χ2v) is 6.39. The normalized spacial score (nSPS) is 10.7. The molecule has 6 nitrogen and oxygen atoms in total. The van der Waals surface area contributed by atoms with E-state index in [0.29, 0.717) is 22.3 Å². The van der Waals surface area contributed by atoms with Crippen LogP contribution >= 0.6 is 23.2 Å². The Hall–Kier alpha value is -2.57. The summed E-state index contributed by atoms with van der Waals surface area (Å²) in [5.74, 6) is -0.304. The van der Waals surface area contributed by atoms with Crippen LogP contribution in [0.2, 0.25) is 10.0 Å². The predicted octanol–water partition coefficient (Wildman–Crippen LogP) is 3.78. The van der Waals surface area contributed by atoms with Crippen molar-refractivity contribution in [2.75, 3.05) is 11.1 Å². The van der Waals surface area contributed by atoms with E-state index in [9.17, 15) is 4.79 Å². The number of carbonyl (C=O) groups excluding carboxylic acids is 1. The fourth-order valence-corrected chi connectivity index (χ4v) is 2.81. The third kappa shape index (κ3) is 3.92. The van der Waals surface area contributed by atoms with Gasteiger partial charge in [-0.1, -0.05) is 46.6 Å². The van der Waals surface area contributed by atoms with Gasteiger partial charge in [0.1, 0.15) is 0 Å². The summed E-state index contributed by atoms with van der Waals surface area (Å²) in [5, 5.41) is 11.6. The molecule has 1 heterocycles. The summed E-state index contributed by atoms with van der Waals surface area (Å²) >= 11 is 12.1. The maximum atomic E-state index is 12.4. The van der Waals surface area contributed by atoms with Crippen LogP contribution in [0.4, 0.5) is 11.5 Å². The van der Waals surface area contributed by atoms with E-state index < -0.39 is 5.91 Å². The molecule has 0 saturated heterocycles. The topological polar surface area (TPSA) is 85.8 Å². The molecule has 2 aromatic carbocycles. The minimum atomic E-state index is -0.472. The van der Waals surface area contributed by atoms with E-state index >= 15 is 0 Å². The number of aromatic nitrogens is 3. The Morgan fingerprint density at radius 1 is 1.24 bits per heavy atom. The van der Waals surface area contributed by atoms with E-state index in [4.69, 9.17) is 28.9 Å². The zero-order chi connectivity index (χ0) is 18.0. The maximum absolute atomic E-state index is 12.4. The average molecular weight is 376 g/mol. The van der Waals surface area contributed by atoms with Gasteiger partial charge in [-0.3, -0.25) is 4.79 Å². The molecule has 3 aromatic rings. The summed E-state index contributed by atoms with van der Waals surface area (Å²) in [4.78, 5) is 12.4. The molecule has 1 amide bonds. The van der Waals surface area contributed by atoms with Crippen molar-refractivity contribution >= 4 is 40.6 Å². The first-order valence-corrected chi connectivity index (χ1v) is 8.20. The third-order valence-corrected chi connectivity index (χ3v) is 4.13. The first-order valence-electron chi connectivity index (χ1n) is 7.45. The van der Waals surface area contributed by atoms with Gasteiger partial charge in [0.2, 0.25) is 0 Å². The highest BCUT2D eigenvalue weighted by Crippen LogP contribution is 2.24. The molecule has 0 saturated carbocycles. The summed E-state index contributed by atoms with van der Waals surface area (Å²) in [6.45, 7) is 2.27. The van der Waals surface area contributed by atoms with E-state index in [1.807, 2.05) is 25.1 Å². The minimum absolute atomic E-state index is 0.0404. The largest absolute Gasteiger partial charge is 0.382 e. The number of anilines is 2. The standard InChI is InChI=1S/C17H15Cl2N5O/c1-10-5-6-14(13(19)7-10)21-17(25)15-16(20)24(23-22-15)9-11-3-2-4-12(18)8-11/h2-8H,9,20H2,1H3,(H,21,25). The van der Waals surface area contributed by atoms with Crippen LogP contribution in [0.1, 0.15) is 21.6 Å². The molecule has 0 radical (unpaired) electrons. The van der Waals surface area contributed by atoms with Gasteiger partial charge >= 0.3 is 0 Å². The first kappa shape index (κ1) is 17.3. The number of hydrogen-bond acceptors (Lipinski definition) is 4. The van der Waals surface area contributed by atoms with Gasteiger partial charge < -0.3 is 11.1 Å². The van der Waals surface area contributed by atoms with Gasteiger partial charge in [0.05, 0.1) is 17.3 Å². The molecule has 0 aliphatic carbocycles. The molecular formula is C17H15Cl2N5O. The highest BCUT2D eigenvalue weighted by Gasteiger charge is 2.18. The van der Waals surface area contributed by atoms with Gasteiger partial charge in [-0.15, -0.1) is 5.10 Å². The maximum Gasteiger partial charge on any atom is 0.280 e. The fourth-order valence-electron chi connectivity index (χ4n) is 2.31. The number of nitrogens with two attached hydrogens (primary N) is 1. The van der Waals surface area contributed by atoms with Crippen LogP contribution in [-0.2, 0) is 6.54 Å². The number of nitrogen functional groups attached to an aromatic ring is 1. The lowest BCUT2D eigenvalue weighted by Gasteiger charge is -2.07. The number of nitrogens with one attached hydrogen (secondary N) is 1. The number of amides is 1. The number of benzene rings is 2. The number of hydrogen-bond donors (Lipinski definition) is 2. The van der Waals surface area contributed by atoms with Crippen LogP contribution in [0.3, 0.4) is 0 Å². The van der Waals surface area contributed by atoms with E-state index in [-0.39, 0.29) is 11.5 Å². The molecule has 3 N–H and O–H groups in total. The Morgan fingerprint density at radius 3 is 2.76 bits per heavy atom. The van der Waals surface area contributed by atoms with E-state index in [1.54, 1.807) is 24.3 Å². The molecule has 25 heavy (non-hydrogen) atoms. The number of halogens is 2. The lowest BCUT2D eigenvalue weighted by molar-refractivity contribution is 0.102. The zero-order valence-electron chi connectivity index (χ0n) is 13.3. The van der Waals surface area contributed by atoms with Crippen molar-refractivity contribution in [1.82, 2.24) is 15.0 Å². The van der Waals surface area contributed by atoms with E-state index in [2.05, 4.69) is 15.6 Å². The summed E-state index contributed by atoms with van der Waals surface area (Å²) in [6, 6.07) is 12.6. The van der Waals surface area contributed by atoms with Crippen molar-refractivity contribution in [2.45, 2.75) is 13.5 Å². The molecule has 8 heteroatoms.